The summed E-state index contributed by atoms with van der Waals surface area (Å²) >= 11 is 0. The number of hydrogen-bond donors (Lipinski definition) is 0. The van der Waals surface area contributed by atoms with Gasteiger partial charge in [-0.15, -0.1) is 0 Å². The van der Waals surface area contributed by atoms with Crippen molar-refractivity contribution < 1.29 is 23.7 Å². The highest BCUT2D eigenvalue weighted by Crippen LogP contribution is 2.40. The lowest BCUT2D eigenvalue weighted by Crippen LogP contribution is -2.57. The Morgan fingerprint density at radius 1 is 1.19 bits per heavy atom. The lowest BCUT2D eigenvalue weighted by atomic mass is 9.89. The minimum Gasteiger partial charge on any atom is -0.493 e. The topological polar surface area (TPSA) is 57.2 Å². The average molecular weight is 361 g/mol. The number of ether oxygens (including phenoxy) is 4. The number of hydrogen-bond acceptors (Lipinski definition) is 5. The molecule has 0 N–H and O–H groups in total. The van der Waals surface area contributed by atoms with Gasteiger partial charge in [0.25, 0.3) is 0 Å². The summed E-state index contributed by atoms with van der Waals surface area (Å²) in [4.78, 5) is 14.5. The Morgan fingerprint density at radius 3 is 2.58 bits per heavy atom. The molecule has 2 unspecified atom stereocenters. The Bertz CT molecular complexity index is 707. The molecule has 2 heterocycles. The van der Waals surface area contributed by atoms with Crippen LogP contribution >= 0.6 is 0 Å². The van der Waals surface area contributed by atoms with Crippen molar-refractivity contribution >= 4 is 11.7 Å². The zero-order valence-electron chi connectivity index (χ0n) is 16.1. The van der Waals surface area contributed by atoms with E-state index < -0.39 is 5.60 Å². The summed E-state index contributed by atoms with van der Waals surface area (Å²) in [5.41, 5.74) is 1.61. The third-order valence-corrected chi connectivity index (χ3v) is 4.55. The van der Waals surface area contributed by atoms with E-state index in [4.69, 9.17) is 18.9 Å². The summed E-state index contributed by atoms with van der Waals surface area (Å²) in [7, 11) is 3.27. The molecule has 1 aromatic rings. The van der Waals surface area contributed by atoms with Gasteiger partial charge in [0, 0.05) is 5.56 Å². The van der Waals surface area contributed by atoms with E-state index in [2.05, 4.69) is 6.08 Å². The van der Waals surface area contributed by atoms with Crippen LogP contribution in [0.4, 0.5) is 4.79 Å². The first-order valence-corrected chi connectivity index (χ1v) is 8.85. The van der Waals surface area contributed by atoms with Crippen LogP contribution in [-0.2, 0) is 9.47 Å². The van der Waals surface area contributed by atoms with Gasteiger partial charge in [-0.05, 0) is 38.8 Å². The molecule has 1 aromatic carbocycles. The molecule has 142 valence electrons. The molecule has 1 fully saturated rings. The predicted molar refractivity (Wildman–Crippen MR) is 98.6 cm³/mol. The van der Waals surface area contributed by atoms with Crippen molar-refractivity contribution in [2.24, 2.45) is 0 Å². The highest BCUT2D eigenvalue weighted by Gasteiger charge is 2.40. The fraction of sp³-hybridized carbons (Fsp3) is 0.550. The van der Waals surface area contributed by atoms with Crippen LogP contribution in [0.25, 0.3) is 5.57 Å². The minimum atomic E-state index is -0.522. The Balaban J connectivity index is 1.93. The first-order valence-electron chi connectivity index (χ1n) is 8.85. The number of fused-ring (bicyclic) bond motifs is 2. The van der Waals surface area contributed by atoms with Gasteiger partial charge in [-0.1, -0.05) is 18.2 Å². The van der Waals surface area contributed by atoms with Crippen molar-refractivity contribution in [1.82, 2.24) is 4.90 Å². The molecule has 6 heteroatoms. The lowest BCUT2D eigenvalue weighted by molar-refractivity contribution is -0.0510. The highest BCUT2D eigenvalue weighted by atomic mass is 16.6. The molecule has 3 rings (SSSR count). The van der Waals surface area contributed by atoms with E-state index in [0.717, 1.165) is 11.1 Å². The van der Waals surface area contributed by atoms with Crippen molar-refractivity contribution in [2.75, 3.05) is 27.4 Å². The van der Waals surface area contributed by atoms with Crippen LogP contribution in [-0.4, -0.2) is 56.1 Å². The molecule has 0 aromatic heterocycles. The number of nitrogens with zero attached hydrogens (tertiary/aromatic N) is 1. The van der Waals surface area contributed by atoms with Crippen LogP contribution in [0, 0.1) is 0 Å². The summed E-state index contributed by atoms with van der Waals surface area (Å²) in [6.07, 6.45) is 2.47. The molecule has 1 saturated heterocycles. The van der Waals surface area contributed by atoms with Crippen LogP contribution in [0.3, 0.4) is 0 Å². The van der Waals surface area contributed by atoms with Crippen molar-refractivity contribution in [1.29, 1.82) is 0 Å². The zero-order chi connectivity index (χ0) is 18.9. The molecular weight excluding hydrogens is 334 g/mol. The Morgan fingerprint density at radius 2 is 1.96 bits per heavy atom. The maximum Gasteiger partial charge on any atom is 0.411 e. The molecule has 0 aliphatic carbocycles. The Kier molecular flexibility index (Phi) is 5.14. The van der Waals surface area contributed by atoms with Crippen molar-refractivity contribution in [3.63, 3.8) is 0 Å². The van der Waals surface area contributed by atoms with Crippen LogP contribution < -0.4 is 9.47 Å². The van der Waals surface area contributed by atoms with Gasteiger partial charge in [0.1, 0.15) is 5.60 Å². The number of rotatable bonds is 3. The second-order valence-electron chi connectivity index (χ2n) is 7.58. The average Bonchev–Trinajstić information content (AvgIpc) is 2.58. The van der Waals surface area contributed by atoms with Gasteiger partial charge >= 0.3 is 6.09 Å². The minimum absolute atomic E-state index is 0.0560. The van der Waals surface area contributed by atoms with Gasteiger partial charge in [0.2, 0.25) is 0 Å². The van der Waals surface area contributed by atoms with Crippen molar-refractivity contribution in [3.05, 3.63) is 29.8 Å². The maximum atomic E-state index is 12.7. The second-order valence-corrected chi connectivity index (χ2v) is 7.58. The lowest BCUT2D eigenvalue weighted by Gasteiger charge is -2.44. The standard InChI is InChI=1S/C20H27NO5/c1-20(2,3)26-19(22)21-14-9-13(10-15(21)12-25-11-14)16-7-6-8-17(23-4)18(16)24-5/h6-9,14-15H,10-12H2,1-5H3. The summed E-state index contributed by atoms with van der Waals surface area (Å²) in [5, 5.41) is 0. The van der Waals surface area contributed by atoms with Gasteiger partial charge in [-0.2, -0.15) is 0 Å². The van der Waals surface area contributed by atoms with E-state index >= 15 is 0 Å². The van der Waals surface area contributed by atoms with E-state index in [1.165, 1.54) is 0 Å². The smallest absolute Gasteiger partial charge is 0.411 e. The van der Waals surface area contributed by atoms with Crippen molar-refractivity contribution in [2.45, 2.75) is 44.9 Å². The summed E-state index contributed by atoms with van der Waals surface area (Å²) in [6.45, 7) is 6.60. The van der Waals surface area contributed by atoms with Gasteiger partial charge in [0.15, 0.2) is 11.5 Å². The van der Waals surface area contributed by atoms with Gasteiger partial charge in [-0.25, -0.2) is 4.79 Å². The van der Waals surface area contributed by atoms with Crippen LogP contribution in [0.2, 0.25) is 0 Å². The van der Waals surface area contributed by atoms with E-state index in [0.29, 0.717) is 31.1 Å². The largest absolute Gasteiger partial charge is 0.493 e. The van der Waals surface area contributed by atoms with E-state index in [1.807, 2.05) is 43.9 Å². The molecule has 0 radical (unpaired) electrons. The normalized spacial score (nSPS) is 22.5. The predicted octanol–water partition coefficient (Wildman–Crippen LogP) is 3.50. The van der Waals surface area contributed by atoms with Crippen LogP contribution in [0.1, 0.15) is 32.8 Å². The Hall–Kier alpha value is -2.21. The number of para-hydroxylation sites is 1. The van der Waals surface area contributed by atoms with Crippen molar-refractivity contribution in [3.8, 4) is 11.5 Å². The first kappa shape index (κ1) is 18.6. The number of amides is 1. The van der Waals surface area contributed by atoms with Crippen LogP contribution in [0.15, 0.2) is 24.3 Å². The summed E-state index contributed by atoms with van der Waals surface area (Å²) < 4.78 is 22.3. The molecule has 26 heavy (non-hydrogen) atoms. The molecule has 2 aliphatic rings. The van der Waals surface area contributed by atoms with E-state index in [-0.39, 0.29) is 18.2 Å². The third kappa shape index (κ3) is 3.65. The highest BCUT2D eigenvalue weighted by molar-refractivity contribution is 5.78. The number of carbonyl (C=O) groups excluding carboxylic acids is 1. The Labute approximate surface area is 154 Å². The first-order chi connectivity index (χ1) is 12.3. The second kappa shape index (κ2) is 7.19. The quantitative estimate of drug-likeness (QED) is 0.825. The summed E-state index contributed by atoms with van der Waals surface area (Å²) in [6, 6.07) is 5.64. The van der Waals surface area contributed by atoms with Gasteiger partial charge in [-0.3, -0.25) is 4.90 Å². The molecule has 0 spiro atoms. The molecule has 6 nitrogen and oxygen atoms in total. The molecule has 0 saturated carbocycles. The van der Waals surface area contributed by atoms with E-state index in [1.54, 1.807) is 14.2 Å². The van der Waals surface area contributed by atoms with Gasteiger partial charge < -0.3 is 18.9 Å². The number of morpholine rings is 1. The molecular formula is C20H27NO5. The van der Waals surface area contributed by atoms with E-state index in [9.17, 15) is 4.79 Å². The monoisotopic (exact) mass is 361 g/mol. The molecule has 2 aliphatic heterocycles. The SMILES string of the molecule is COc1cccc(C2=CC3COCC(C2)N3C(=O)OC(C)(C)C)c1OC. The zero-order valence-corrected chi connectivity index (χ0v) is 16.1. The van der Waals surface area contributed by atoms with Gasteiger partial charge in [0.05, 0.1) is 39.5 Å². The number of methoxy groups -OCH3 is 2. The summed E-state index contributed by atoms with van der Waals surface area (Å²) in [5.74, 6) is 1.41. The molecule has 2 bridgehead atoms. The number of benzene rings is 1. The fourth-order valence-electron chi connectivity index (χ4n) is 3.53. The number of carbonyl (C=O) groups is 1. The maximum absolute atomic E-state index is 12.7. The molecule has 1 amide bonds. The fourth-order valence-corrected chi connectivity index (χ4v) is 3.53. The molecule has 2 atom stereocenters. The van der Waals surface area contributed by atoms with Crippen LogP contribution in [0.5, 0.6) is 11.5 Å². The third-order valence-electron chi connectivity index (χ3n) is 4.55.